The van der Waals surface area contributed by atoms with Gasteiger partial charge < -0.3 is 20.0 Å². The van der Waals surface area contributed by atoms with Gasteiger partial charge in [0, 0.05) is 51.0 Å². The maximum atomic E-state index is 14.7. The number of amides is 4. The number of hydrogen-bond acceptors (Lipinski definition) is 4. The number of urea groups is 2. The van der Waals surface area contributed by atoms with Crippen LogP contribution in [0.2, 0.25) is 0 Å². The van der Waals surface area contributed by atoms with E-state index in [0.29, 0.717) is 50.5 Å². The number of halogens is 4. The number of anilines is 2. The second kappa shape index (κ2) is 11.1. The fourth-order valence-electron chi connectivity index (χ4n) is 6.35. The summed E-state index contributed by atoms with van der Waals surface area (Å²) in [4.78, 5) is 32.7. The molecule has 0 radical (unpaired) electrons. The summed E-state index contributed by atoms with van der Waals surface area (Å²) in [6.45, 7) is 3.78. The highest BCUT2D eigenvalue weighted by atomic mass is 19.4. The van der Waals surface area contributed by atoms with E-state index in [4.69, 9.17) is 0 Å². The lowest BCUT2D eigenvalue weighted by molar-refractivity contribution is -0.138. The molecule has 0 aliphatic carbocycles. The molecule has 4 heterocycles. The van der Waals surface area contributed by atoms with Gasteiger partial charge in [0.05, 0.1) is 30.4 Å². The van der Waals surface area contributed by atoms with Gasteiger partial charge in [-0.25, -0.2) is 14.0 Å². The molecule has 0 spiro atoms. The van der Waals surface area contributed by atoms with Crippen LogP contribution in [0.5, 0.6) is 0 Å². The number of carbonyl (C=O) groups is 2. The molecule has 2 saturated heterocycles. The number of hydrogen-bond donors (Lipinski definition) is 1. The lowest BCUT2D eigenvalue weighted by atomic mass is 10.00. The van der Waals surface area contributed by atoms with Crippen molar-refractivity contribution < 1.29 is 27.2 Å². The molecule has 1 aromatic heterocycles. The Morgan fingerprint density at radius 3 is 2.44 bits per heavy atom. The van der Waals surface area contributed by atoms with E-state index in [1.165, 1.54) is 29.2 Å². The summed E-state index contributed by atoms with van der Waals surface area (Å²) in [5, 5.41) is 7.26. The first-order valence-electron chi connectivity index (χ1n) is 14.3. The molecular formula is C30H33F4N7O2. The Labute approximate surface area is 246 Å². The number of nitrogens with zero attached hydrogens (tertiary/aromatic N) is 6. The Morgan fingerprint density at radius 2 is 1.77 bits per heavy atom. The summed E-state index contributed by atoms with van der Waals surface area (Å²) in [6, 6.07) is 9.34. The topological polar surface area (TPSA) is 76.9 Å². The van der Waals surface area contributed by atoms with Crippen LogP contribution in [0.15, 0.2) is 48.7 Å². The SMILES string of the molecule is CNC(=O)N1CC(n2cc3c(n2)N(Cc2ccccc2C(F)(F)F)C(=O)N(C2CCN(c4c(C)cccc4F)CC2)C3)C1. The normalized spacial score (nSPS) is 18.1. The van der Waals surface area contributed by atoms with Crippen molar-refractivity contribution in [1.29, 1.82) is 0 Å². The standard InChI is InChI=1S/C30H33F4N7O2/c1-19-6-5-9-25(31)26(19)37-12-10-22(11-13-37)39-15-21-16-41(23-17-38(18-23)28(42)35-2)36-27(21)40(29(39)43)14-20-7-3-4-8-24(20)30(32,33)34/h3-9,16,22-23H,10-15,17-18H2,1-2H3,(H,35,42). The van der Waals surface area contributed by atoms with E-state index in [1.54, 1.807) is 27.6 Å². The second-order valence-corrected chi connectivity index (χ2v) is 11.3. The highest BCUT2D eigenvalue weighted by Gasteiger charge is 2.41. The van der Waals surface area contributed by atoms with Gasteiger partial charge in [0.1, 0.15) is 5.82 Å². The number of fused-ring (bicyclic) bond motifs is 1. The fourth-order valence-corrected chi connectivity index (χ4v) is 6.35. The van der Waals surface area contributed by atoms with Gasteiger partial charge in [0.2, 0.25) is 0 Å². The second-order valence-electron chi connectivity index (χ2n) is 11.3. The number of benzene rings is 2. The first-order valence-corrected chi connectivity index (χ1v) is 14.3. The largest absolute Gasteiger partial charge is 0.416 e. The van der Waals surface area contributed by atoms with Gasteiger partial charge in [0.15, 0.2) is 5.82 Å². The monoisotopic (exact) mass is 599 g/mol. The molecule has 9 nitrogen and oxygen atoms in total. The van der Waals surface area contributed by atoms with E-state index in [1.807, 2.05) is 24.1 Å². The minimum atomic E-state index is -4.58. The van der Waals surface area contributed by atoms with E-state index >= 15 is 0 Å². The molecule has 0 saturated carbocycles. The van der Waals surface area contributed by atoms with E-state index in [-0.39, 0.29) is 42.6 Å². The molecule has 3 aliphatic heterocycles. The highest BCUT2D eigenvalue weighted by molar-refractivity contribution is 5.94. The van der Waals surface area contributed by atoms with Gasteiger partial charge in [0.25, 0.3) is 0 Å². The molecule has 0 unspecified atom stereocenters. The van der Waals surface area contributed by atoms with Gasteiger partial charge in [-0.1, -0.05) is 30.3 Å². The molecule has 13 heteroatoms. The fraction of sp³-hybridized carbons (Fsp3) is 0.433. The Bertz CT molecular complexity index is 1510. The van der Waals surface area contributed by atoms with Gasteiger partial charge in [-0.05, 0) is 43.0 Å². The van der Waals surface area contributed by atoms with Crippen LogP contribution < -0.4 is 15.1 Å². The summed E-state index contributed by atoms with van der Waals surface area (Å²) in [7, 11) is 1.56. The molecule has 6 rings (SSSR count). The summed E-state index contributed by atoms with van der Waals surface area (Å²) in [5.74, 6) is 0.0427. The Balaban J connectivity index is 1.27. The van der Waals surface area contributed by atoms with Crippen molar-refractivity contribution in [3.63, 3.8) is 0 Å². The minimum absolute atomic E-state index is 0.0232. The maximum Gasteiger partial charge on any atom is 0.416 e. The number of alkyl halides is 3. The van der Waals surface area contributed by atoms with Crippen molar-refractivity contribution in [2.75, 3.05) is 43.0 Å². The van der Waals surface area contributed by atoms with Crippen LogP contribution in [0.25, 0.3) is 0 Å². The van der Waals surface area contributed by atoms with E-state index in [2.05, 4.69) is 10.4 Å². The molecule has 0 bridgehead atoms. The molecule has 3 aromatic rings. The molecule has 3 aliphatic rings. The van der Waals surface area contributed by atoms with E-state index in [0.717, 1.165) is 17.2 Å². The zero-order valence-electron chi connectivity index (χ0n) is 23.9. The third kappa shape index (κ3) is 5.36. The molecule has 2 aromatic carbocycles. The van der Waals surface area contributed by atoms with Crippen LogP contribution >= 0.6 is 0 Å². The summed E-state index contributed by atoms with van der Waals surface area (Å²) >= 11 is 0. The van der Waals surface area contributed by atoms with Crippen LogP contribution in [-0.4, -0.2) is 70.9 Å². The van der Waals surface area contributed by atoms with Crippen LogP contribution in [0, 0.1) is 12.7 Å². The lowest BCUT2D eigenvalue weighted by Gasteiger charge is -2.43. The average molecular weight is 600 g/mol. The first kappa shape index (κ1) is 28.8. The number of likely N-dealkylation sites (tertiary alicyclic amines) is 1. The van der Waals surface area contributed by atoms with Crippen LogP contribution in [0.3, 0.4) is 0 Å². The third-order valence-electron chi connectivity index (χ3n) is 8.66. The van der Waals surface area contributed by atoms with Gasteiger partial charge in [-0.2, -0.15) is 18.3 Å². The van der Waals surface area contributed by atoms with E-state index in [9.17, 15) is 27.2 Å². The van der Waals surface area contributed by atoms with Gasteiger partial charge in [-0.3, -0.25) is 9.58 Å². The zero-order chi connectivity index (χ0) is 30.5. The quantitative estimate of drug-likeness (QED) is 0.412. The van der Waals surface area contributed by atoms with Gasteiger partial charge >= 0.3 is 18.2 Å². The zero-order valence-corrected chi connectivity index (χ0v) is 23.9. The number of carbonyl (C=O) groups excluding carboxylic acids is 2. The third-order valence-corrected chi connectivity index (χ3v) is 8.66. The van der Waals surface area contributed by atoms with Crippen molar-refractivity contribution >= 4 is 23.6 Å². The molecule has 228 valence electrons. The minimum Gasteiger partial charge on any atom is -0.369 e. The summed E-state index contributed by atoms with van der Waals surface area (Å²) in [6.07, 6.45) is -1.58. The predicted octanol–water partition coefficient (Wildman–Crippen LogP) is 5.16. The Hall–Kier alpha value is -4.29. The maximum absolute atomic E-state index is 14.7. The first-order chi connectivity index (χ1) is 20.5. The summed E-state index contributed by atoms with van der Waals surface area (Å²) < 4.78 is 58.0. The highest BCUT2D eigenvalue weighted by Crippen LogP contribution is 2.38. The van der Waals surface area contributed by atoms with Crippen molar-refractivity contribution in [2.24, 2.45) is 0 Å². The van der Waals surface area contributed by atoms with Crippen molar-refractivity contribution in [1.82, 2.24) is 24.9 Å². The van der Waals surface area contributed by atoms with Crippen molar-refractivity contribution in [3.05, 3.63) is 76.7 Å². The van der Waals surface area contributed by atoms with Crippen LogP contribution in [0.4, 0.5) is 38.7 Å². The lowest BCUT2D eigenvalue weighted by Crippen LogP contribution is -2.54. The number of aromatic nitrogens is 2. The smallest absolute Gasteiger partial charge is 0.369 e. The van der Waals surface area contributed by atoms with E-state index < -0.39 is 17.8 Å². The Morgan fingerprint density at radius 1 is 1.05 bits per heavy atom. The predicted molar refractivity (Wildman–Crippen MR) is 152 cm³/mol. The number of para-hydroxylation sites is 1. The van der Waals surface area contributed by atoms with Crippen LogP contribution in [0.1, 0.15) is 41.1 Å². The molecule has 43 heavy (non-hydrogen) atoms. The Kier molecular flexibility index (Phi) is 7.43. The molecule has 0 atom stereocenters. The van der Waals surface area contributed by atoms with Crippen molar-refractivity contribution in [2.45, 2.75) is 51.1 Å². The molecular weight excluding hydrogens is 566 g/mol. The van der Waals surface area contributed by atoms with Crippen molar-refractivity contribution in [3.8, 4) is 0 Å². The van der Waals surface area contributed by atoms with Crippen LogP contribution in [-0.2, 0) is 19.3 Å². The average Bonchev–Trinajstić information content (AvgIpc) is 3.37. The molecule has 1 N–H and O–H groups in total. The number of nitrogens with one attached hydrogen (secondary N) is 1. The number of aryl methyl sites for hydroxylation is 1. The number of rotatable bonds is 5. The summed E-state index contributed by atoms with van der Waals surface area (Å²) in [5.41, 5.74) is 1.31. The number of piperidine rings is 1. The molecule has 2 fully saturated rings. The molecule has 4 amide bonds. The van der Waals surface area contributed by atoms with Gasteiger partial charge in [-0.15, -0.1) is 0 Å².